The van der Waals surface area contributed by atoms with Gasteiger partial charge in [0.15, 0.2) is 29.1 Å². The van der Waals surface area contributed by atoms with Crippen LogP contribution in [-0.4, -0.2) is 11.9 Å². The van der Waals surface area contributed by atoms with E-state index in [1.807, 2.05) is 0 Å². The smallest absolute Gasteiger partial charge is 0.417 e. The lowest BCUT2D eigenvalue weighted by Gasteiger charge is -2.19. The number of alkyl halides is 6. The Hall–Kier alpha value is -4.69. The van der Waals surface area contributed by atoms with Crippen LogP contribution in [0.1, 0.15) is 31.8 Å². The lowest BCUT2D eigenvalue weighted by Crippen LogP contribution is -2.16. The molecular formula is C26H9F11O4. The molecular weight excluding hydrogens is 585 g/mol. The molecule has 0 saturated heterocycles. The van der Waals surface area contributed by atoms with Crippen molar-refractivity contribution in [2.24, 2.45) is 0 Å². The molecule has 0 aliphatic carbocycles. The van der Waals surface area contributed by atoms with E-state index >= 15 is 0 Å². The normalized spacial score (nSPS) is 12.0. The third kappa shape index (κ3) is 5.93. The van der Waals surface area contributed by atoms with Gasteiger partial charge in [0, 0.05) is 5.39 Å². The second-order valence-corrected chi connectivity index (χ2v) is 8.17. The molecule has 0 unspecified atom stereocenters. The highest BCUT2D eigenvalue weighted by molar-refractivity contribution is 5.96. The Morgan fingerprint density at radius 1 is 0.561 bits per heavy atom. The van der Waals surface area contributed by atoms with Crippen molar-refractivity contribution < 1.29 is 67.4 Å². The summed E-state index contributed by atoms with van der Waals surface area (Å²) in [5.41, 5.74) is -5.83. The summed E-state index contributed by atoms with van der Waals surface area (Å²) < 4.78 is 160. The van der Waals surface area contributed by atoms with Crippen molar-refractivity contribution in [3.05, 3.63) is 106 Å². The van der Waals surface area contributed by atoms with Crippen molar-refractivity contribution in [1.29, 1.82) is 0 Å². The first kappa shape index (κ1) is 29.3. The summed E-state index contributed by atoms with van der Waals surface area (Å²) in [6.07, 6.45) is -11.0. The van der Waals surface area contributed by atoms with Crippen LogP contribution in [0, 0.1) is 29.1 Å². The van der Waals surface area contributed by atoms with Crippen LogP contribution in [0.25, 0.3) is 10.8 Å². The average Bonchev–Trinajstić information content (AvgIpc) is 2.86. The van der Waals surface area contributed by atoms with Crippen LogP contribution in [0.4, 0.5) is 48.3 Å². The molecule has 4 nitrogen and oxygen atoms in total. The molecule has 0 atom stereocenters. The van der Waals surface area contributed by atoms with E-state index in [2.05, 4.69) is 4.74 Å². The van der Waals surface area contributed by atoms with Crippen molar-refractivity contribution in [3.8, 4) is 11.5 Å². The number of carbonyl (C=O) groups excluding carboxylic acids is 2. The fourth-order valence-corrected chi connectivity index (χ4v) is 3.66. The molecule has 0 heterocycles. The highest BCUT2D eigenvalue weighted by Crippen LogP contribution is 2.45. The van der Waals surface area contributed by atoms with Gasteiger partial charge in [0.1, 0.15) is 11.5 Å². The van der Waals surface area contributed by atoms with Gasteiger partial charge in [-0.3, -0.25) is 0 Å². The number of hydrogen-bond acceptors (Lipinski definition) is 4. The van der Waals surface area contributed by atoms with E-state index in [1.165, 1.54) is 0 Å². The van der Waals surface area contributed by atoms with Gasteiger partial charge < -0.3 is 9.47 Å². The lowest BCUT2D eigenvalue weighted by molar-refractivity contribution is -0.140. The van der Waals surface area contributed by atoms with Crippen molar-refractivity contribution in [3.63, 3.8) is 0 Å². The van der Waals surface area contributed by atoms with Crippen LogP contribution >= 0.6 is 0 Å². The minimum atomic E-state index is -5.50. The Morgan fingerprint density at radius 3 is 1.59 bits per heavy atom. The number of benzene rings is 4. The maximum atomic E-state index is 14.0. The topological polar surface area (TPSA) is 52.6 Å². The Bertz CT molecular complexity index is 1710. The average molecular weight is 594 g/mol. The molecule has 41 heavy (non-hydrogen) atoms. The largest absolute Gasteiger partial charge is 0.423 e. The molecule has 4 rings (SSSR count). The van der Waals surface area contributed by atoms with Gasteiger partial charge in [0.05, 0.1) is 22.3 Å². The number of esters is 2. The van der Waals surface area contributed by atoms with E-state index in [0.717, 1.165) is 6.07 Å². The quantitative estimate of drug-likeness (QED) is 0.104. The third-order valence-corrected chi connectivity index (χ3v) is 5.44. The zero-order valence-electron chi connectivity index (χ0n) is 19.5. The van der Waals surface area contributed by atoms with E-state index in [4.69, 9.17) is 4.74 Å². The molecule has 4 aromatic rings. The van der Waals surface area contributed by atoms with Gasteiger partial charge in [-0.05, 0) is 60.0 Å². The number of rotatable bonds is 4. The molecule has 0 aliphatic heterocycles. The first-order chi connectivity index (χ1) is 19.0. The Morgan fingerprint density at radius 2 is 1.07 bits per heavy atom. The molecule has 0 fully saturated rings. The Balaban J connectivity index is 1.86. The van der Waals surface area contributed by atoms with Crippen LogP contribution < -0.4 is 9.47 Å². The lowest BCUT2D eigenvalue weighted by atomic mass is 9.97. The van der Waals surface area contributed by atoms with Gasteiger partial charge in [-0.1, -0.05) is 0 Å². The predicted molar refractivity (Wildman–Crippen MR) is 117 cm³/mol. The minimum absolute atomic E-state index is 0.0137. The maximum Gasteiger partial charge on any atom is 0.417 e. The second kappa shape index (κ2) is 10.4. The molecule has 214 valence electrons. The molecule has 0 amide bonds. The monoisotopic (exact) mass is 594 g/mol. The summed E-state index contributed by atoms with van der Waals surface area (Å²) in [4.78, 5) is 24.6. The standard InChI is InChI=1S/C26H9F11O4/c27-17-3-1-10(7-19(17)29)23(38)40-12-5-11-6-13(41-24(39)14-2-4-18(28)22(31)21(14)30)9-16(26(35,36)37)20(11)15(8-12)25(32,33)34/h1-9H. The predicted octanol–water partition coefficient (Wildman–Crippen LogP) is 8.01. The number of halogens is 11. The summed E-state index contributed by atoms with van der Waals surface area (Å²) in [5, 5.41) is -2.41. The van der Waals surface area contributed by atoms with E-state index in [-0.39, 0.29) is 12.1 Å². The summed E-state index contributed by atoms with van der Waals surface area (Å²) in [6.45, 7) is 0. The first-order valence-corrected chi connectivity index (χ1v) is 10.8. The fraction of sp³-hybridized carbons (Fsp3) is 0.0769. The van der Waals surface area contributed by atoms with E-state index < -0.39 is 97.9 Å². The Kier molecular flexibility index (Phi) is 7.41. The molecule has 0 radical (unpaired) electrons. The summed E-state index contributed by atoms with van der Waals surface area (Å²) >= 11 is 0. The van der Waals surface area contributed by atoms with E-state index in [1.54, 1.807) is 0 Å². The number of hydrogen-bond donors (Lipinski definition) is 0. The maximum absolute atomic E-state index is 14.0. The van der Waals surface area contributed by atoms with E-state index in [0.29, 0.717) is 36.4 Å². The molecule has 0 aliphatic rings. The second-order valence-electron chi connectivity index (χ2n) is 8.17. The van der Waals surface area contributed by atoms with Gasteiger partial charge in [-0.25, -0.2) is 31.5 Å². The van der Waals surface area contributed by atoms with Gasteiger partial charge >= 0.3 is 24.3 Å². The third-order valence-electron chi connectivity index (χ3n) is 5.44. The number of carbonyl (C=O) groups is 2. The molecule has 4 aromatic carbocycles. The molecule has 0 aromatic heterocycles. The SMILES string of the molecule is O=C(Oc1cc(C(F)(F)F)c2c(C(F)(F)F)cc(OC(=O)c3ccc(F)c(F)c3F)cc2c1)c1ccc(F)c(F)c1. The molecule has 0 bridgehead atoms. The van der Waals surface area contributed by atoms with Crippen LogP contribution in [0.15, 0.2) is 54.6 Å². The molecule has 0 spiro atoms. The molecule has 0 saturated carbocycles. The zero-order chi connectivity index (χ0) is 30.4. The van der Waals surface area contributed by atoms with Crippen LogP contribution in [0.5, 0.6) is 11.5 Å². The summed E-state index contributed by atoms with van der Waals surface area (Å²) in [7, 11) is 0. The molecule has 0 N–H and O–H groups in total. The van der Waals surface area contributed by atoms with Crippen molar-refractivity contribution >= 4 is 22.7 Å². The van der Waals surface area contributed by atoms with Crippen LogP contribution in [-0.2, 0) is 12.4 Å². The van der Waals surface area contributed by atoms with Gasteiger partial charge in [0.25, 0.3) is 0 Å². The fourth-order valence-electron chi connectivity index (χ4n) is 3.66. The van der Waals surface area contributed by atoms with Gasteiger partial charge in [0.2, 0.25) is 0 Å². The number of ether oxygens (including phenoxy) is 2. The zero-order valence-corrected chi connectivity index (χ0v) is 19.5. The molecule has 15 heteroatoms. The first-order valence-electron chi connectivity index (χ1n) is 10.8. The minimum Gasteiger partial charge on any atom is -0.423 e. The van der Waals surface area contributed by atoms with E-state index in [9.17, 15) is 57.9 Å². The van der Waals surface area contributed by atoms with Crippen LogP contribution in [0.2, 0.25) is 0 Å². The Labute approximate surface area is 220 Å². The van der Waals surface area contributed by atoms with Crippen molar-refractivity contribution in [2.45, 2.75) is 12.4 Å². The summed E-state index contributed by atoms with van der Waals surface area (Å²) in [6, 6.07) is 3.37. The number of fused-ring (bicyclic) bond motifs is 1. The van der Waals surface area contributed by atoms with Crippen molar-refractivity contribution in [2.75, 3.05) is 0 Å². The van der Waals surface area contributed by atoms with Crippen LogP contribution in [0.3, 0.4) is 0 Å². The van der Waals surface area contributed by atoms with Gasteiger partial charge in [-0.15, -0.1) is 0 Å². The summed E-state index contributed by atoms with van der Waals surface area (Å²) in [5.74, 6) is -14.2. The van der Waals surface area contributed by atoms with Crippen molar-refractivity contribution in [1.82, 2.24) is 0 Å². The highest BCUT2D eigenvalue weighted by Gasteiger charge is 2.40. The van der Waals surface area contributed by atoms with Gasteiger partial charge in [-0.2, -0.15) is 26.3 Å². The highest BCUT2D eigenvalue weighted by atomic mass is 19.4.